The molecule has 0 aliphatic rings. The van der Waals surface area contributed by atoms with Crippen LogP contribution in [0.2, 0.25) is 0 Å². The van der Waals surface area contributed by atoms with E-state index in [1.807, 2.05) is 30.3 Å². The maximum atomic E-state index is 12.1. The maximum Gasteiger partial charge on any atom is 0.246 e. The molecule has 0 saturated heterocycles. The minimum absolute atomic E-state index is 0.152. The number of nitrogens with zero attached hydrogens (tertiary/aromatic N) is 1. The van der Waals surface area contributed by atoms with Gasteiger partial charge in [0.15, 0.2) is 0 Å². The number of benzene rings is 2. The van der Waals surface area contributed by atoms with Crippen molar-refractivity contribution in [1.82, 2.24) is 0 Å². The van der Waals surface area contributed by atoms with Crippen LogP contribution in [0.3, 0.4) is 0 Å². The zero-order valence-corrected chi connectivity index (χ0v) is 12.5. The predicted octanol–water partition coefficient (Wildman–Crippen LogP) is 3.01. The van der Waals surface area contributed by atoms with Crippen molar-refractivity contribution in [2.75, 3.05) is 17.7 Å². The Bertz CT molecular complexity index is 673. The molecule has 1 atom stereocenters. The van der Waals surface area contributed by atoms with Crippen LogP contribution in [0.15, 0.2) is 48.5 Å². The number of nitrogens with one attached hydrogen (secondary N) is 2. The molecule has 0 heterocycles. The molecule has 2 aromatic rings. The average Bonchev–Trinajstić information content (AvgIpc) is 2.56. The van der Waals surface area contributed by atoms with E-state index in [1.54, 1.807) is 38.3 Å². The highest BCUT2D eigenvalue weighted by molar-refractivity contribution is 5.96. The second-order valence-electron chi connectivity index (χ2n) is 4.77. The van der Waals surface area contributed by atoms with E-state index < -0.39 is 6.04 Å². The third kappa shape index (κ3) is 4.00. The molecule has 0 unspecified atom stereocenters. The SMILES string of the molecule is COc1ccc(N[C@@H](C)C(=O)Nc2ccc(C#N)cc2)cc1. The molecule has 0 spiro atoms. The highest BCUT2D eigenvalue weighted by atomic mass is 16.5. The molecule has 0 bridgehead atoms. The molecule has 0 radical (unpaired) electrons. The smallest absolute Gasteiger partial charge is 0.246 e. The van der Waals surface area contributed by atoms with Crippen molar-refractivity contribution in [3.63, 3.8) is 0 Å². The summed E-state index contributed by atoms with van der Waals surface area (Å²) in [6.45, 7) is 1.78. The highest BCUT2D eigenvalue weighted by Crippen LogP contribution is 2.16. The molecule has 5 nitrogen and oxygen atoms in total. The summed E-state index contributed by atoms with van der Waals surface area (Å²) < 4.78 is 5.09. The number of hydrogen-bond acceptors (Lipinski definition) is 4. The Morgan fingerprint density at radius 1 is 1.09 bits per heavy atom. The number of amides is 1. The third-order valence-electron chi connectivity index (χ3n) is 3.15. The van der Waals surface area contributed by atoms with Crippen LogP contribution in [-0.4, -0.2) is 19.1 Å². The molecular formula is C17H17N3O2. The van der Waals surface area contributed by atoms with Crippen molar-refractivity contribution in [3.8, 4) is 11.8 Å². The van der Waals surface area contributed by atoms with Crippen LogP contribution in [0.25, 0.3) is 0 Å². The molecular weight excluding hydrogens is 278 g/mol. The van der Waals surface area contributed by atoms with Crippen LogP contribution in [0.4, 0.5) is 11.4 Å². The normalized spacial score (nSPS) is 11.1. The van der Waals surface area contributed by atoms with Gasteiger partial charge >= 0.3 is 0 Å². The van der Waals surface area contributed by atoms with Gasteiger partial charge in [-0.1, -0.05) is 0 Å². The fourth-order valence-electron chi connectivity index (χ4n) is 1.88. The van der Waals surface area contributed by atoms with E-state index in [-0.39, 0.29) is 5.91 Å². The van der Waals surface area contributed by atoms with Gasteiger partial charge in [-0.15, -0.1) is 0 Å². The molecule has 2 aromatic carbocycles. The maximum absolute atomic E-state index is 12.1. The van der Waals surface area contributed by atoms with Crippen molar-refractivity contribution < 1.29 is 9.53 Å². The second-order valence-corrected chi connectivity index (χ2v) is 4.77. The molecule has 22 heavy (non-hydrogen) atoms. The zero-order chi connectivity index (χ0) is 15.9. The third-order valence-corrected chi connectivity index (χ3v) is 3.15. The Morgan fingerprint density at radius 3 is 2.23 bits per heavy atom. The lowest BCUT2D eigenvalue weighted by Crippen LogP contribution is -2.31. The van der Waals surface area contributed by atoms with E-state index in [2.05, 4.69) is 10.6 Å². The van der Waals surface area contributed by atoms with E-state index in [9.17, 15) is 4.79 Å². The quantitative estimate of drug-likeness (QED) is 0.889. The highest BCUT2D eigenvalue weighted by Gasteiger charge is 2.12. The van der Waals surface area contributed by atoms with Crippen LogP contribution in [0, 0.1) is 11.3 Å². The number of hydrogen-bond donors (Lipinski definition) is 2. The van der Waals surface area contributed by atoms with Crippen LogP contribution in [0.1, 0.15) is 12.5 Å². The summed E-state index contributed by atoms with van der Waals surface area (Å²) in [7, 11) is 1.61. The van der Waals surface area contributed by atoms with Gasteiger partial charge in [0.1, 0.15) is 11.8 Å². The molecule has 0 aliphatic heterocycles. The summed E-state index contributed by atoms with van der Waals surface area (Å²) in [5.74, 6) is 0.612. The lowest BCUT2D eigenvalue weighted by Gasteiger charge is -2.15. The molecule has 0 saturated carbocycles. The molecule has 1 amide bonds. The predicted molar refractivity (Wildman–Crippen MR) is 85.9 cm³/mol. The van der Waals surface area contributed by atoms with Crippen LogP contribution in [0.5, 0.6) is 5.75 Å². The lowest BCUT2D eigenvalue weighted by atomic mass is 10.2. The largest absolute Gasteiger partial charge is 0.497 e. The van der Waals surface area contributed by atoms with Gasteiger partial charge in [-0.2, -0.15) is 5.26 Å². The summed E-state index contributed by atoms with van der Waals surface area (Å²) in [6, 6.07) is 15.7. The van der Waals surface area contributed by atoms with Crippen molar-refractivity contribution in [1.29, 1.82) is 5.26 Å². The summed E-state index contributed by atoms with van der Waals surface area (Å²) in [6.07, 6.45) is 0. The molecule has 2 rings (SSSR count). The topological polar surface area (TPSA) is 74.2 Å². The van der Waals surface area contributed by atoms with E-state index in [4.69, 9.17) is 10.00 Å². The molecule has 5 heteroatoms. The Hall–Kier alpha value is -3.00. The fourth-order valence-corrected chi connectivity index (χ4v) is 1.88. The van der Waals surface area contributed by atoms with Gasteiger partial charge in [-0.05, 0) is 55.5 Å². The lowest BCUT2D eigenvalue weighted by molar-refractivity contribution is -0.116. The Labute approximate surface area is 129 Å². The number of carbonyl (C=O) groups is 1. The minimum Gasteiger partial charge on any atom is -0.497 e. The van der Waals surface area contributed by atoms with Crippen LogP contribution < -0.4 is 15.4 Å². The van der Waals surface area contributed by atoms with Gasteiger partial charge in [0, 0.05) is 11.4 Å². The van der Waals surface area contributed by atoms with E-state index >= 15 is 0 Å². The van der Waals surface area contributed by atoms with Crippen molar-refractivity contribution >= 4 is 17.3 Å². The van der Waals surface area contributed by atoms with Gasteiger partial charge < -0.3 is 15.4 Å². The van der Waals surface area contributed by atoms with Crippen molar-refractivity contribution in [3.05, 3.63) is 54.1 Å². The van der Waals surface area contributed by atoms with Gasteiger partial charge in [-0.3, -0.25) is 4.79 Å². The van der Waals surface area contributed by atoms with Gasteiger partial charge in [0.25, 0.3) is 0 Å². The number of carbonyl (C=O) groups excluding carboxylic acids is 1. The van der Waals surface area contributed by atoms with Crippen LogP contribution in [-0.2, 0) is 4.79 Å². The molecule has 0 fully saturated rings. The number of anilines is 2. The Kier molecular flexibility index (Phi) is 4.99. The summed E-state index contributed by atoms with van der Waals surface area (Å²) in [5.41, 5.74) is 2.05. The second kappa shape index (κ2) is 7.14. The van der Waals surface area contributed by atoms with E-state index in [1.165, 1.54) is 0 Å². The first-order valence-corrected chi connectivity index (χ1v) is 6.84. The van der Waals surface area contributed by atoms with Gasteiger partial charge in [-0.25, -0.2) is 0 Å². The Morgan fingerprint density at radius 2 is 1.68 bits per heavy atom. The molecule has 0 aromatic heterocycles. The number of ether oxygens (including phenoxy) is 1. The van der Waals surface area contributed by atoms with E-state index in [0.29, 0.717) is 11.3 Å². The zero-order valence-electron chi connectivity index (χ0n) is 12.5. The molecule has 2 N–H and O–H groups in total. The average molecular weight is 295 g/mol. The first-order chi connectivity index (χ1) is 10.6. The minimum atomic E-state index is -0.399. The monoisotopic (exact) mass is 295 g/mol. The van der Waals surface area contributed by atoms with Gasteiger partial charge in [0.2, 0.25) is 5.91 Å². The fraction of sp³-hybridized carbons (Fsp3) is 0.176. The molecule has 112 valence electrons. The van der Waals surface area contributed by atoms with E-state index in [0.717, 1.165) is 11.4 Å². The summed E-state index contributed by atoms with van der Waals surface area (Å²) >= 11 is 0. The number of rotatable bonds is 5. The first kappa shape index (κ1) is 15.4. The van der Waals surface area contributed by atoms with Crippen molar-refractivity contribution in [2.45, 2.75) is 13.0 Å². The standard InChI is InChI=1S/C17H17N3O2/c1-12(19-14-7-9-16(22-2)10-8-14)17(21)20-15-5-3-13(11-18)4-6-15/h3-10,12,19H,1-2H3,(H,20,21)/t12-/m0/s1. The number of methoxy groups -OCH3 is 1. The van der Waals surface area contributed by atoms with Gasteiger partial charge in [0.05, 0.1) is 18.7 Å². The van der Waals surface area contributed by atoms with Crippen LogP contribution >= 0.6 is 0 Å². The number of nitriles is 1. The molecule has 0 aliphatic carbocycles. The first-order valence-electron chi connectivity index (χ1n) is 6.84. The summed E-state index contributed by atoms with van der Waals surface area (Å²) in [5, 5.41) is 14.7. The Balaban J connectivity index is 1.94. The summed E-state index contributed by atoms with van der Waals surface area (Å²) in [4.78, 5) is 12.1. The van der Waals surface area contributed by atoms with Crippen molar-refractivity contribution in [2.24, 2.45) is 0 Å².